The Hall–Kier alpha value is -2.58. The van der Waals surface area contributed by atoms with Crippen LogP contribution in [0.1, 0.15) is 22.8 Å². The van der Waals surface area contributed by atoms with Crippen molar-refractivity contribution in [2.45, 2.75) is 32.6 Å². The van der Waals surface area contributed by atoms with Crippen LogP contribution in [0.4, 0.5) is 18.0 Å². The van der Waals surface area contributed by atoms with Crippen LogP contribution >= 0.6 is 0 Å². The van der Waals surface area contributed by atoms with Crippen molar-refractivity contribution in [1.82, 2.24) is 20.8 Å². The smallest absolute Gasteiger partial charge is 0.340 e. The average Bonchev–Trinajstić information content (AvgIpc) is 2.88. The number of nitrogens with zero attached hydrogens (tertiary/aromatic N) is 2. The third kappa shape index (κ3) is 5.61. The second-order valence-electron chi connectivity index (χ2n) is 4.83. The molecule has 2 N–H and O–H groups in total. The third-order valence-electron chi connectivity index (χ3n) is 2.93. The van der Waals surface area contributed by atoms with Gasteiger partial charge in [0.2, 0.25) is 5.89 Å². The van der Waals surface area contributed by atoms with Gasteiger partial charge < -0.3 is 15.2 Å². The average molecular weight is 328 g/mol. The lowest BCUT2D eigenvalue weighted by molar-refractivity contribution is -0.127. The number of nitrogens with one attached hydrogen (secondary N) is 2. The molecule has 0 fully saturated rings. The Kier molecular flexibility index (Phi) is 5.20. The van der Waals surface area contributed by atoms with Gasteiger partial charge in [0.15, 0.2) is 5.82 Å². The standard InChI is InChI=1S/C14H15F3N4O2/c1-9-20-12(21-23-9)8-19-13(22)18-7-11-5-3-2-4-10(11)6-14(15,16)17/h2-5H,6-8H2,1H3,(H2,18,19,22). The third-order valence-corrected chi connectivity index (χ3v) is 2.93. The minimum atomic E-state index is -4.30. The zero-order valence-electron chi connectivity index (χ0n) is 12.3. The Labute approximate surface area is 130 Å². The van der Waals surface area contributed by atoms with E-state index >= 15 is 0 Å². The molecule has 0 atom stereocenters. The fourth-order valence-corrected chi connectivity index (χ4v) is 1.93. The number of benzene rings is 1. The summed E-state index contributed by atoms with van der Waals surface area (Å²) >= 11 is 0. The number of aromatic nitrogens is 2. The van der Waals surface area contributed by atoms with Crippen molar-refractivity contribution < 1.29 is 22.5 Å². The molecular weight excluding hydrogens is 313 g/mol. The van der Waals surface area contributed by atoms with Gasteiger partial charge in [-0.1, -0.05) is 29.4 Å². The molecule has 0 spiro atoms. The molecule has 0 bridgehead atoms. The molecule has 0 radical (unpaired) electrons. The van der Waals surface area contributed by atoms with Crippen LogP contribution in [-0.4, -0.2) is 22.3 Å². The minimum absolute atomic E-state index is 0.0106. The number of alkyl halides is 3. The van der Waals surface area contributed by atoms with E-state index in [4.69, 9.17) is 4.52 Å². The highest BCUT2D eigenvalue weighted by Crippen LogP contribution is 2.23. The van der Waals surface area contributed by atoms with E-state index in [0.29, 0.717) is 17.3 Å². The Morgan fingerprint density at radius 2 is 1.83 bits per heavy atom. The molecule has 0 saturated carbocycles. The summed E-state index contributed by atoms with van der Waals surface area (Å²) in [7, 11) is 0. The van der Waals surface area contributed by atoms with Gasteiger partial charge in [0.25, 0.3) is 0 Å². The Bertz CT molecular complexity index is 670. The van der Waals surface area contributed by atoms with E-state index < -0.39 is 18.6 Å². The maximum absolute atomic E-state index is 12.5. The first-order chi connectivity index (χ1) is 10.8. The molecule has 124 valence electrons. The second-order valence-corrected chi connectivity index (χ2v) is 4.83. The van der Waals surface area contributed by atoms with Gasteiger partial charge in [-0.25, -0.2) is 4.79 Å². The number of hydrogen-bond donors (Lipinski definition) is 2. The van der Waals surface area contributed by atoms with E-state index in [1.54, 1.807) is 19.1 Å². The van der Waals surface area contributed by atoms with Crippen molar-refractivity contribution >= 4 is 6.03 Å². The van der Waals surface area contributed by atoms with Crippen molar-refractivity contribution in [3.8, 4) is 0 Å². The summed E-state index contributed by atoms with van der Waals surface area (Å²) in [6, 6.07) is 5.56. The minimum Gasteiger partial charge on any atom is -0.340 e. The zero-order chi connectivity index (χ0) is 16.9. The van der Waals surface area contributed by atoms with Crippen molar-refractivity contribution in [3.63, 3.8) is 0 Å². The molecule has 1 aromatic carbocycles. The highest BCUT2D eigenvalue weighted by molar-refractivity contribution is 5.73. The van der Waals surface area contributed by atoms with Gasteiger partial charge in [-0.3, -0.25) is 0 Å². The Morgan fingerprint density at radius 3 is 2.43 bits per heavy atom. The lowest BCUT2D eigenvalue weighted by atomic mass is 10.0. The highest BCUT2D eigenvalue weighted by Gasteiger charge is 2.28. The van der Waals surface area contributed by atoms with Crippen LogP contribution in [0, 0.1) is 6.92 Å². The number of amides is 2. The maximum Gasteiger partial charge on any atom is 0.393 e. The lowest BCUT2D eigenvalue weighted by Crippen LogP contribution is -2.35. The van der Waals surface area contributed by atoms with Crippen molar-refractivity contribution in [2.24, 2.45) is 0 Å². The van der Waals surface area contributed by atoms with Crippen LogP contribution < -0.4 is 10.6 Å². The Balaban J connectivity index is 1.86. The molecule has 0 aliphatic carbocycles. The monoisotopic (exact) mass is 328 g/mol. The maximum atomic E-state index is 12.5. The first-order valence-corrected chi connectivity index (χ1v) is 6.78. The fraction of sp³-hybridized carbons (Fsp3) is 0.357. The number of rotatable bonds is 5. The SMILES string of the molecule is Cc1nc(CNC(=O)NCc2ccccc2CC(F)(F)F)no1. The van der Waals surface area contributed by atoms with Crippen molar-refractivity contribution in [2.75, 3.05) is 0 Å². The van der Waals surface area contributed by atoms with Gasteiger partial charge in [0.05, 0.1) is 13.0 Å². The highest BCUT2D eigenvalue weighted by atomic mass is 19.4. The number of carbonyl (C=O) groups excluding carboxylic acids is 1. The summed E-state index contributed by atoms with van der Waals surface area (Å²) < 4.78 is 42.3. The molecule has 0 unspecified atom stereocenters. The molecule has 2 amide bonds. The molecule has 1 heterocycles. The summed E-state index contributed by atoms with van der Waals surface area (Å²) in [5.41, 5.74) is 0.546. The van der Waals surface area contributed by atoms with Gasteiger partial charge in [-0.2, -0.15) is 18.2 Å². The van der Waals surface area contributed by atoms with Crippen LogP contribution in [0.5, 0.6) is 0 Å². The molecule has 0 aliphatic rings. The van der Waals surface area contributed by atoms with E-state index in [-0.39, 0.29) is 18.7 Å². The molecule has 6 nitrogen and oxygen atoms in total. The molecule has 2 aromatic rings. The fourth-order valence-electron chi connectivity index (χ4n) is 1.93. The Morgan fingerprint density at radius 1 is 1.17 bits per heavy atom. The number of hydrogen-bond acceptors (Lipinski definition) is 4. The number of halogens is 3. The van der Waals surface area contributed by atoms with Gasteiger partial charge in [-0.15, -0.1) is 0 Å². The van der Waals surface area contributed by atoms with Crippen molar-refractivity contribution in [1.29, 1.82) is 0 Å². The summed E-state index contributed by atoms with van der Waals surface area (Å²) in [5, 5.41) is 8.60. The van der Waals surface area contributed by atoms with E-state index in [1.165, 1.54) is 12.1 Å². The van der Waals surface area contributed by atoms with Crippen LogP contribution in [0.15, 0.2) is 28.8 Å². The van der Waals surface area contributed by atoms with Gasteiger partial charge in [-0.05, 0) is 11.1 Å². The molecule has 0 saturated heterocycles. The number of urea groups is 1. The molecule has 2 rings (SSSR count). The number of aryl methyl sites for hydroxylation is 1. The van der Waals surface area contributed by atoms with E-state index in [9.17, 15) is 18.0 Å². The molecule has 0 aliphatic heterocycles. The molecule has 9 heteroatoms. The molecular formula is C14H15F3N4O2. The normalized spacial score (nSPS) is 11.3. The van der Waals surface area contributed by atoms with Crippen LogP contribution in [0.25, 0.3) is 0 Å². The van der Waals surface area contributed by atoms with E-state index in [2.05, 4.69) is 20.8 Å². The predicted octanol–water partition coefficient (Wildman–Crippen LogP) is 2.48. The summed E-state index contributed by atoms with van der Waals surface area (Å²) in [6.45, 7) is 1.67. The van der Waals surface area contributed by atoms with Crippen LogP contribution in [0.2, 0.25) is 0 Å². The van der Waals surface area contributed by atoms with Crippen LogP contribution in [0.3, 0.4) is 0 Å². The molecule has 23 heavy (non-hydrogen) atoms. The second kappa shape index (κ2) is 7.12. The summed E-state index contributed by atoms with van der Waals surface area (Å²) in [6.07, 6.45) is -5.33. The summed E-state index contributed by atoms with van der Waals surface area (Å²) in [5.74, 6) is 0.693. The summed E-state index contributed by atoms with van der Waals surface area (Å²) in [4.78, 5) is 15.6. The van der Waals surface area contributed by atoms with Crippen LogP contribution in [-0.2, 0) is 19.5 Å². The first kappa shape index (κ1) is 16.8. The first-order valence-electron chi connectivity index (χ1n) is 6.78. The van der Waals surface area contributed by atoms with Gasteiger partial charge in [0, 0.05) is 13.5 Å². The van der Waals surface area contributed by atoms with Gasteiger partial charge >= 0.3 is 12.2 Å². The van der Waals surface area contributed by atoms with E-state index in [0.717, 1.165) is 0 Å². The number of carbonyl (C=O) groups is 1. The predicted molar refractivity (Wildman–Crippen MR) is 74.3 cm³/mol. The van der Waals surface area contributed by atoms with E-state index in [1.807, 2.05) is 0 Å². The zero-order valence-corrected chi connectivity index (χ0v) is 12.3. The van der Waals surface area contributed by atoms with Crippen molar-refractivity contribution in [3.05, 3.63) is 47.1 Å². The topological polar surface area (TPSA) is 80.0 Å². The lowest BCUT2D eigenvalue weighted by Gasteiger charge is -2.12. The van der Waals surface area contributed by atoms with Gasteiger partial charge in [0.1, 0.15) is 0 Å². The largest absolute Gasteiger partial charge is 0.393 e. The molecule has 1 aromatic heterocycles. The quantitative estimate of drug-likeness (QED) is 0.884.